The van der Waals surface area contributed by atoms with Gasteiger partial charge in [0.25, 0.3) is 0 Å². The lowest BCUT2D eigenvalue weighted by molar-refractivity contribution is -0.0475. The van der Waals surface area contributed by atoms with Crippen molar-refractivity contribution in [3.63, 3.8) is 0 Å². The van der Waals surface area contributed by atoms with Gasteiger partial charge in [-0.2, -0.15) is 0 Å². The molecule has 1 fully saturated rings. The first-order valence-electron chi connectivity index (χ1n) is 6.19. The molecule has 0 saturated carbocycles. The van der Waals surface area contributed by atoms with E-state index in [1.807, 2.05) is 0 Å². The van der Waals surface area contributed by atoms with Gasteiger partial charge in [0, 0.05) is 0 Å². The van der Waals surface area contributed by atoms with E-state index in [4.69, 9.17) is 9.47 Å². The number of ether oxygens (including phenoxy) is 2. The first-order valence-corrected chi connectivity index (χ1v) is 6.19. The zero-order chi connectivity index (χ0) is 11.2. The molecular formula is C14H20O2. The molecule has 88 valence electrons. The molecule has 0 bridgehead atoms. The Hall–Kier alpha value is -0.860. The van der Waals surface area contributed by atoms with Gasteiger partial charge in [-0.1, -0.05) is 31.2 Å². The first kappa shape index (κ1) is 11.6. The molecule has 2 rings (SSSR count). The molecule has 0 aromatic heterocycles. The smallest absolute Gasteiger partial charge is 0.157 e. The highest BCUT2D eigenvalue weighted by atomic mass is 16.7. The summed E-state index contributed by atoms with van der Waals surface area (Å²) in [6.45, 7) is 3.70. The van der Waals surface area contributed by atoms with E-state index in [2.05, 4.69) is 31.2 Å². The number of aryl methyl sites for hydroxylation is 2. The summed E-state index contributed by atoms with van der Waals surface area (Å²) >= 11 is 0. The van der Waals surface area contributed by atoms with Crippen LogP contribution in [0.25, 0.3) is 0 Å². The molecular weight excluding hydrogens is 200 g/mol. The molecule has 0 spiro atoms. The minimum atomic E-state index is 0.0508. The van der Waals surface area contributed by atoms with Crippen LogP contribution in [0.3, 0.4) is 0 Å². The molecule has 1 heterocycles. The number of hydrogen-bond donors (Lipinski definition) is 0. The lowest BCUT2D eigenvalue weighted by atomic mass is 10.1. The van der Waals surface area contributed by atoms with Crippen LogP contribution in [0, 0.1) is 0 Å². The third kappa shape index (κ3) is 3.32. The van der Waals surface area contributed by atoms with Crippen LogP contribution in [0.1, 0.15) is 30.9 Å². The summed E-state index contributed by atoms with van der Waals surface area (Å²) in [4.78, 5) is 0. The highest BCUT2D eigenvalue weighted by Crippen LogP contribution is 2.13. The molecule has 2 heteroatoms. The summed E-state index contributed by atoms with van der Waals surface area (Å²) < 4.78 is 10.8. The van der Waals surface area contributed by atoms with Crippen LogP contribution >= 0.6 is 0 Å². The van der Waals surface area contributed by atoms with Crippen molar-refractivity contribution in [2.24, 2.45) is 0 Å². The largest absolute Gasteiger partial charge is 0.350 e. The summed E-state index contributed by atoms with van der Waals surface area (Å²) in [7, 11) is 0. The summed E-state index contributed by atoms with van der Waals surface area (Å²) in [6.07, 6.45) is 4.43. The molecule has 0 radical (unpaired) electrons. The lowest BCUT2D eigenvalue weighted by Crippen LogP contribution is -2.07. The molecule has 1 aliphatic rings. The van der Waals surface area contributed by atoms with Crippen molar-refractivity contribution in [3.05, 3.63) is 35.4 Å². The van der Waals surface area contributed by atoms with Crippen molar-refractivity contribution in [2.45, 2.75) is 38.9 Å². The molecule has 1 aromatic rings. The van der Waals surface area contributed by atoms with Gasteiger partial charge in [0.1, 0.15) is 0 Å². The van der Waals surface area contributed by atoms with Gasteiger partial charge < -0.3 is 9.47 Å². The van der Waals surface area contributed by atoms with Gasteiger partial charge in [-0.05, 0) is 36.8 Å². The fraction of sp³-hybridized carbons (Fsp3) is 0.571. The maximum Gasteiger partial charge on any atom is 0.157 e. The molecule has 2 nitrogen and oxygen atoms in total. The van der Waals surface area contributed by atoms with Crippen molar-refractivity contribution in [1.82, 2.24) is 0 Å². The summed E-state index contributed by atoms with van der Waals surface area (Å²) in [6, 6.07) is 8.90. The van der Waals surface area contributed by atoms with Crippen LogP contribution < -0.4 is 0 Å². The maximum absolute atomic E-state index is 5.41. The monoisotopic (exact) mass is 220 g/mol. The van der Waals surface area contributed by atoms with Gasteiger partial charge in [-0.25, -0.2) is 0 Å². The molecule has 16 heavy (non-hydrogen) atoms. The van der Waals surface area contributed by atoms with Gasteiger partial charge in [-0.3, -0.25) is 0 Å². The van der Waals surface area contributed by atoms with Gasteiger partial charge >= 0.3 is 0 Å². The molecule has 0 atom stereocenters. The van der Waals surface area contributed by atoms with Crippen molar-refractivity contribution in [2.75, 3.05) is 13.2 Å². The number of hydrogen-bond acceptors (Lipinski definition) is 2. The van der Waals surface area contributed by atoms with E-state index in [0.29, 0.717) is 0 Å². The predicted molar refractivity (Wildman–Crippen MR) is 64.5 cm³/mol. The van der Waals surface area contributed by atoms with Crippen LogP contribution in [0.2, 0.25) is 0 Å². The molecule has 0 N–H and O–H groups in total. The average molecular weight is 220 g/mol. The normalized spacial score (nSPS) is 16.8. The Morgan fingerprint density at radius 1 is 1.06 bits per heavy atom. The van der Waals surface area contributed by atoms with Crippen molar-refractivity contribution in [3.8, 4) is 0 Å². The zero-order valence-electron chi connectivity index (χ0n) is 9.95. The minimum Gasteiger partial charge on any atom is -0.350 e. The van der Waals surface area contributed by atoms with Crippen LogP contribution in [0.15, 0.2) is 24.3 Å². The maximum atomic E-state index is 5.41. The standard InChI is InChI=1S/C14H20O2/c1-2-12-6-8-13(9-7-12)4-3-5-14-15-10-11-16-14/h6-9,14H,2-5,10-11H2,1H3. The molecule has 1 aliphatic heterocycles. The van der Waals surface area contributed by atoms with Gasteiger partial charge in [0.2, 0.25) is 0 Å². The van der Waals surface area contributed by atoms with Crippen LogP contribution in [0.4, 0.5) is 0 Å². The van der Waals surface area contributed by atoms with Crippen LogP contribution in [-0.4, -0.2) is 19.5 Å². The lowest BCUT2D eigenvalue weighted by Gasteiger charge is -2.08. The van der Waals surface area contributed by atoms with Gasteiger partial charge in [0.15, 0.2) is 6.29 Å². The highest BCUT2D eigenvalue weighted by molar-refractivity contribution is 5.22. The fourth-order valence-corrected chi connectivity index (χ4v) is 1.99. The Labute approximate surface area is 97.6 Å². The van der Waals surface area contributed by atoms with E-state index in [1.165, 1.54) is 11.1 Å². The predicted octanol–water partition coefficient (Wildman–Crippen LogP) is 2.94. The Morgan fingerprint density at radius 2 is 1.69 bits per heavy atom. The van der Waals surface area contributed by atoms with Crippen molar-refractivity contribution < 1.29 is 9.47 Å². The Bertz CT molecular complexity index is 299. The van der Waals surface area contributed by atoms with Crippen LogP contribution in [0.5, 0.6) is 0 Å². The van der Waals surface area contributed by atoms with Gasteiger partial charge in [0.05, 0.1) is 13.2 Å². The first-order chi connectivity index (χ1) is 7.88. The Kier molecular flexibility index (Phi) is 4.37. The quantitative estimate of drug-likeness (QED) is 0.759. The molecule has 0 unspecified atom stereocenters. The van der Waals surface area contributed by atoms with Crippen molar-refractivity contribution in [1.29, 1.82) is 0 Å². The van der Waals surface area contributed by atoms with E-state index in [9.17, 15) is 0 Å². The third-order valence-electron chi connectivity index (χ3n) is 3.03. The molecule has 1 saturated heterocycles. The number of rotatable bonds is 5. The molecule has 0 amide bonds. The summed E-state index contributed by atoms with van der Waals surface area (Å²) in [5.41, 5.74) is 2.82. The zero-order valence-corrected chi connectivity index (χ0v) is 9.95. The third-order valence-corrected chi connectivity index (χ3v) is 3.03. The molecule has 1 aromatic carbocycles. The fourth-order valence-electron chi connectivity index (χ4n) is 1.99. The van der Waals surface area contributed by atoms with E-state index in [0.717, 1.165) is 38.9 Å². The number of benzene rings is 1. The second-order valence-electron chi connectivity index (χ2n) is 4.23. The van der Waals surface area contributed by atoms with E-state index in [-0.39, 0.29) is 6.29 Å². The van der Waals surface area contributed by atoms with E-state index in [1.54, 1.807) is 0 Å². The molecule has 0 aliphatic carbocycles. The van der Waals surface area contributed by atoms with Crippen molar-refractivity contribution >= 4 is 0 Å². The summed E-state index contributed by atoms with van der Waals surface area (Å²) in [5.74, 6) is 0. The van der Waals surface area contributed by atoms with E-state index < -0.39 is 0 Å². The minimum absolute atomic E-state index is 0.0508. The SMILES string of the molecule is CCc1ccc(CCCC2OCCO2)cc1. The Balaban J connectivity index is 1.71. The van der Waals surface area contributed by atoms with Crippen LogP contribution in [-0.2, 0) is 22.3 Å². The second-order valence-corrected chi connectivity index (χ2v) is 4.23. The topological polar surface area (TPSA) is 18.5 Å². The van der Waals surface area contributed by atoms with E-state index >= 15 is 0 Å². The summed E-state index contributed by atoms with van der Waals surface area (Å²) in [5, 5.41) is 0. The average Bonchev–Trinajstić information content (AvgIpc) is 2.83. The Morgan fingerprint density at radius 3 is 2.31 bits per heavy atom. The van der Waals surface area contributed by atoms with Gasteiger partial charge in [-0.15, -0.1) is 0 Å². The second kappa shape index (κ2) is 6.02. The highest BCUT2D eigenvalue weighted by Gasteiger charge is 2.14.